The summed E-state index contributed by atoms with van der Waals surface area (Å²) in [5.74, 6) is 0.938. The van der Waals surface area contributed by atoms with E-state index in [-0.39, 0.29) is 24.0 Å². The zero-order chi connectivity index (χ0) is 14.2. The minimum absolute atomic E-state index is 0.0283. The van der Waals surface area contributed by atoms with E-state index in [0.717, 1.165) is 31.1 Å². The number of pyridine rings is 1. The Labute approximate surface area is 124 Å². The largest absolute Gasteiger partial charge is 0.371 e. The van der Waals surface area contributed by atoms with E-state index in [2.05, 4.69) is 15.2 Å². The number of anilines is 1. The van der Waals surface area contributed by atoms with Gasteiger partial charge in [0, 0.05) is 25.8 Å². The number of hydrogen-bond donors (Lipinski definition) is 1. The topological polar surface area (TPSA) is 54.5 Å². The molecule has 2 aliphatic heterocycles. The van der Waals surface area contributed by atoms with E-state index in [9.17, 15) is 4.79 Å². The van der Waals surface area contributed by atoms with Crippen LogP contribution in [0.1, 0.15) is 19.3 Å². The number of hydrogen-bond acceptors (Lipinski definition) is 4. The molecule has 112 valence electrons. The summed E-state index contributed by atoms with van der Waals surface area (Å²) in [6, 6.07) is 3.70. The van der Waals surface area contributed by atoms with E-state index < -0.39 is 0 Å². The van der Waals surface area contributed by atoms with Crippen molar-refractivity contribution in [2.24, 2.45) is 11.8 Å². The molecule has 5 nitrogen and oxygen atoms in total. The second-order valence-electron chi connectivity index (χ2n) is 6.53. The number of fused-ring (bicyclic) bond motifs is 2. The highest BCUT2D eigenvalue weighted by Crippen LogP contribution is 2.36. The van der Waals surface area contributed by atoms with Gasteiger partial charge in [0.1, 0.15) is 0 Å². The minimum atomic E-state index is -0.0283. The number of likely N-dealkylation sites (tertiary alicyclic amines) is 1. The molecular formula is C16H21N3O2. The smallest absolute Gasteiger partial charge is 0.230 e. The monoisotopic (exact) mass is 287 g/mol. The van der Waals surface area contributed by atoms with Gasteiger partial charge in [-0.2, -0.15) is 0 Å². The normalized spacial score (nSPS) is 32.1. The minimum Gasteiger partial charge on any atom is -0.371 e. The Hall–Kier alpha value is -1.46. The lowest BCUT2D eigenvalue weighted by atomic mass is 9.99. The average Bonchev–Trinajstić information content (AvgIpc) is 3.24. The first-order valence-electron chi connectivity index (χ1n) is 7.86. The first-order chi connectivity index (χ1) is 10.3. The summed E-state index contributed by atoms with van der Waals surface area (Å²) in [6.07, 6.45) is 7.26. The molecular weight excluding hydrogens is 266 g/mol. The van der Waals surface area contributed by atoms with Crippen molar-refractivity contribution in [2.45, 2.75) is 31.5 Å². The highest BCUT2D eigenvalue weighted by molar-refractivity contribution is 5.93. The standard InChI is InChI=1S/C16H21N3O2/c20-16(18-12-2-1-5-17-7-12)14-6-13-9-19(8-11-3-4-11)10-15(14)21-13/h1-2,5,7,11,13-15H,3-4,6,8-10H2,(H,18,20)/t13-,14+,15-/m0/s1. The van der Waals surface area contributed by atoms with E-state index in [0.29, 0.717) is 0 Å². The molecule has 3 heterocycles. The van der Waals surface area contributed by atoms with Gasteiger partial charge in [-0.3, -0.25) is 14.7 Å². The van der Waals surface area contributed by atoms with E-state index in [1.165, 1.54) is 19.4 Å². The van der Waals surface area contributed by atoms with Gasteiger partial charge in [0.15, 0.2) is 0 Å². The van der Waals surface area contributed by atoms with E-state index >= 15 is 0 Å². The molecule has 1 amide bonds. The molecule has 3 atom stereocenters. The number of carbonyl (C=O) groups is 1. The van der Waals surface area contributed by atoms with Crippen molar-refractivity contribution in [2.75, 3.05) is 25.0 Å². The fourth-order valence-electron chi connectivity index (χ4n) is 3.50. The maximum Gasteiger partial charge on any atom is 0.230 e. The molecule has 4 rings (SSSR count). The Kier molecular flexibility index (Phi) is 3.39. The zero-order valence-electron chi connectivity index (χ0n) is 12.1. The van der Waals surface area contributed by atoms with Crippen molar-refractivity contribution in [3.05, 3.63) is 24.5 Å². The Bertz CT molecular complexity index is 518. The van der Waals surface area contributed by atoms with Gasteiger partial charge in [-0.15, -0.1) is 0 Å². The summed E-state index contributed by atoms with van der Waals surface area (Å²) in [4.78, 5) is 19.0. The summed E-state index contributed by atoms with van der Waals surface area (Å²) >= 11 is 0. The number of ether oxygens (including phenoxy) is 1. The highest BCUT2D eigenvalue weighted by atomic mass is 16.5. The molecule has 0 unspecified atom stereocenters. The zero-order valence-corrected chi connectivity index (χ0v) is 12.1. The predicted molar refractivity (Wildman–Crippen MR) is 78.8 cm³/mol. The maximum absolute atomic E-state index is 12.5. The molecule has 5 heteroatoms. The number of aromatic nitrogens is 1. The lowest BCUT2D eigenvalue weighted by Crippen LogP contribution is -2.45. The van der Waals surface area contributed by atoms with Gasteiger partial charge in [-0.1, -0.05) is 0 Å². The molecule has 0 radical (unpaired) electrons. The van der Waals surface area contributed by atoms with Crippen LogP contribution in [0.4, 0.5) is 5.69 Å². The lowest BCUT2D eigenvalue weighted by Gasteiger charge is -2.32. The summed E-state index contributed by atoms with van der Waals surface area (Å²) in [5, 5.41) is 2.96. The van der Waals surface area contributed by atoms with Crippen LogP contribution in [0.5, 0.6) is 0 Å². The van der Waals surface area contributed by atoms with Crippen molar-refractivity contribution >= 4 is 11.6 Å². The third-order valence-electron chi connectivity index (χ3n) is 4.71. The van der Waals surface area contributed by atoms with Crippen molar-refractivity contribution < 1.29 is 9.53 Å². The number of rotatable bonds is 4. The van der Waals surface area contributed by atoms with Crippen molar-refractivity contribution in [1.82, 2.24) is 9.88 Å². The Morgan fingerprint density at radius 3 is 3.10 bits per heavy atom. The quantitative estimate of drug-likeness (QED) is 0.912. The van der Waals surface area contributed by atoms with Crippen LogP contribution in [0.25, 0.3) is 0 Å². The molecule has 1 N–H and O–H groups in total. The SMILES string of the molecule is O=C(Nc1cccnc1)[C@@H]1C[C@H]2CN(CC3CC3)C[C@@H]1O2. The summed E-state index contributed by atoms with van der Waals surface area (Å²) in [6.45, 7) is 3.08. The van der Waals surface area contributed by atoms with Gasteiger partial charge in [0.2, 0.25) is 5.91 Å². The summed E-state index contributed by atoms with van der Waals surface area (Å²) < 4.78 is 5.98. The fourth-order valence-corrected chi connectivity index (χ4v) is 3.50. The summed E-state index contributed by atoms with van der Waals surface area (Å²) in [5.41, 5.74) is 0.763. The molecule has 1 aromatic heterocycles. The van der Waals surface area contributed by atoms with E-state index in [1.807, 2.05) is 12.1 Å². The van der Waals surface area contributed by atoms with Gasteiger partial charge >= 0.3 is 0 Å². The average molecular weight is 287 g/mol. The van der Waals surface area contributed by atoms with Crippen LogP contribution in [0.15, 0.2) is 24.5 Å². The van der Waals surface area contributed by atoms with Crippen molar-refractivity contribution in [3.63, 3.8) is 0 Å². The number of amides is 1. The highest BCUT2D eigenvalue weighted by Gasteiger charge is 2.45. The lowest BCUT2D eigenvalue weighted by molar-refractivity contribution is -0.122. The molecule has 3 fully saturated rings. The Morgan fingerprint density at radius 2 is 2.33 bits per heavy atom. The van der Waals surface area contributed by atoms with E-state index in [1.54, 1.807) is 12.4 Å². The number of nitrogens with one attached hydrogen (secondary N) is 1. The van der Waals surface area contributed by atoms with Gasteiger partial charge in [0.05, 0.1) is 30.0 Å². The van der Waals surface area contributed by atoms with Crippen molar-refractivity contribution in [1.29, 1.82) is 0 Å². The van der Waals surface area contributed by atoms with Crippen molar-refractivity contribution in [3.8, 4) is 0 Å². The number of carbonyl (C=O) groups excluding carboxylic acids is 1. The van der Waals surface area contributed by atoms with Crippen LogP contribution in [0.3, 0.4) is 0 Å². The Balaban J connectivity index is 1.38. The predicted octanol–water partition coefficient (Wildman–Crippen LogP) is 1.52. The molecule has 1 saturated carbocycles. The second kappa shape index (κ2) is 5.39. The second-order valence-corrected chi connectivity index (χ2v) is 6.53. The third kappa shape index (κ3) is 2.94. The van der Waals surface area contributed by atoms with Crippen LogP contribution in [0.2, 0.25) is 0 Å². The van der Waals surface area contributed by atoms with Crippen LogP contribution in [-0.2, 0) is 9.53 Å². The first kappa shape index (κ1) is 13.2. The first-order valence-corrected chi connectivity index (χ1v) is 7.86. The van der Waals surface area contributed by atoms with Crippen LogP contribution < -0.4 is 5.32 Å². The van der Waals surface area contributed by atoms with Gasteiger partial charge in [-0.25, -0.2) is 0 Å². The van der Waals surface area contributed by atoms with Gasteiger partial charge in [0.25, 0.3) is 0 Å². The molecule has 1 aromatic rings. The molecule has 0 spiro atoms. The molecule has 2 bridgehead atoms. The summed E-state index contributed by atoms with van der Waals surface area (Å²) in [7, 11) is 0. The Morgan fingerprint density at radius 1 is 1.43 bits per heavy atom. The van der Waals surface area contributed by atoms with Crippen LogP contribution in [0, 0.1) is 11.8 Å². The number of morpholine rings is 1. The maximum atomic E-state index is 12.5. The van der Waals surface area contributed by atoms with Crippen LogP contribution in [-0.4, -0.2) is 47.6 Å². The molecule has 1 aliphatic carbocycles. The fraction of sp³-hybridized carbons (Fsp3) is 0.625. The van der Waals surface area contributed by atoms with E-state index in [4.69, 9.17) is 4.74 Å². The molecule has 3 aliphatic rings. The third-order valence-corrected chi connectivity index (χ3v) is 4.71. The molecule has 2 saturated heterocycles. The number of nitrogens with zero attached hydrogens (tertiary/aromatic N) is 2. The molecule has 21 heavy (non-hydrogen) atoms. The van der Waals surface area contributed by atoms with Gasteiger partial charge < -0.3 is 10.1 Å². The van der Waals surface area contributed by atoms with Gasteiger partial charge in [-0.05, 0) is 37.3 Å². The van der Waals surface area contributed by atoms with Crippen LogP contribution >= 0.6 is 0 Å². The molecule has 0 aromatic carbocycles.